The third kappa shape index (κ3) is 3.34. The van der Waals surface area contributed by atoms with Crippen LogP contribution in [0.25, 0.3) is 0 Å². The standard InChI is InChI=1S/C23H20BrClN2O4/c1-10-6-7-11(25)8-16(10)27-21(28)12-4-2-3-5-15(12)26-22(29)17-13-9-14-18(17)23(30)31-20(14)19(13)24/h2-8,13-14,17-20H,9H2,1H3,(H,26,29)(H,27,28)/t13-,14-,17-,18+,19-,20+/m1/s1. The predicted molar refractivity (Wildman–Crippen MR) is 120 cm³/mol. The first-order valence-corrected chi connectivity index (χ1v) is 11.5. The van der Waals surface area contributed by atoms with Gasteiger partial charge >= 0.3 is 5.97 Å². The molecule has 3 fully saturated rings. The molecule has 1 saturated heterocycles. The molecule has 1 aliphatic heterocycles. The zero-order valence-electron chi connectivity index (χ0n) is 16.6. The second-order valence-electron chi connectivity index (χ2n) is 8.41. The minimum Gasteiger partial charge on any atom is -0.461 e. The molecule has 2 aromatic carbocycles. The van der Waals surface area contributed by atoms with Crippen molar-refractivity contribution in [2.45, 2.75) is 24.3 Å². The number of hydrogen-bond acceptors (Lipinski definition) is 4. The van der Waals surface area contributed by atoms with Crippen molar-refractivity contribution >= 4 is 56.7 Å². The summed E-state index contributed by atoms with van der Waals surface area (Å²) in [6, 6.07) is 12.1. The fourth-order valence-electron chi connectivity index (χ4n) is 5.26. The van der Waals surface area contributed by atoms with Crippen molar-refractivity contribution in [3.63, 3.8) is 0 Å². The normalized spacial score (nSPS) is 30.2. The van der Waals surface area contributed by atoms with E-state index in [-0.39, 0.29) is 40.6 Å². The summed E-state index contributed by atoms with van der Waals surface area (Å²) in [5.74, 6) is -1.64. The lowest BCUT2D eigenvalue weighted by Crippen LogP contribution is -2.40. The van der Waals surface area contributed by atoms with Crippen LogP contribution in [0, 0.1) is 30.6 Å². The van der Waals surface area contributed by atoms with Crippen LogP contribution >= 0.6 is 27.5 Å². The molecule has 1 heterocycles. The van der Waals surface area contributed by atoms with Gasteiger partial charge in [-0.15, -0.1) is 0 Å². The number of carbonyl (C=O) groups excluding carboxylic acids is 3. The highest BCUT2D eigenvalue weighted by molar-refractivity contribution is 9.09. The third-order valence-electron chi connectivity index (χ3n) is 6.70. The fourth-order valence-corrected chi connectivity index (χ4v) is 6.47. The van der Waals surface area contributed by atoms with Gasteiger partial charge in [0.1, 0.15) is 6.10 Å². The van der Waals surface area contributed by atoms with Crippen LogP contribution in [0.4, 0.5) is 11.4 Å². The van der Waals surface area contributed by atoms with Crippen molar-refractivity contribution in [1.82, 2.24) is 0 Å². The van der Waals surface area contributed by atoms with Crippen molar-refractivity contribution in [3.8, 4) is 0 Å². The molecule has 2 N–H and O–H groups in total. The molecule has 2 amide bonds. The second kappa shape index (κ2) is 7.64. The number of alkyl halides is 1. The number of rotatable bonds is 4. The van der Waals surface area contributed by atoms with Gasteiger partial charge in [-0.1, -0.05) is 45.7 Å². The van der Waals surface area contributed by atoms with Gasteiger partial charge in [0.25, 0.3) is 5.91 Å². The number of benzene rings is 2. The van der Waals surface area contributed by atoms with E-state index in [1.165, 1.54) is 0 Å². The summed E-state index contributed by atoms with van der Waals surface area (Å²) >= 11 is 9.68. The largest absolute Gasteiger partial charge is 0.461 e. The van der Waals surface area contributed by atoms with E-state index in [1.54, 1.807) is 36.4 Å². The van der Waals surface area contributed by atoms with Gasteiger partial charge in [0.15, 0.2) is 0 Å². The van der Waals surface area contributed by atoms with E-state index in [2.05, 4.69) is 26.6 Å². The van der Waals surface area contributed by atoms with Crippen molar-refractivity contribution in [2.24, 2.45) is 23.7 Å². The SMILES string of the molecule is Cc1ccc(Cl)cc1NC(=O)c1ccccc1NC(=O)[C@@H]1[C@H]2C[C@H]3[C@H](OC(=O)[C@@H]31)[C@@H]2Br. The molecule has 6 nitrogen and oxygen atoms in total. The third-order valence-corrected chi connectivity index (χ3v) is 8.14. The molecule has 0 radical (unpaired) electrons. The lowest BCUT2D eigenvalue weighted by atomic mass is 9.79. The Bertz CT molecular complexity index is 1110. The molecular weight excluding hydrogens is 484 g/mol. The number of hydrogen-bond donors (Lipinski definition) is 2. The molecule has 3 aliphatic rings. The van der Waals surface area contributed by atoms with Gasteiger partial charge in [0.2, 0.25) is 5.91 Å². The molecule has 2 bridgehead atoms. The summed E-state index contributed by atoms with van der Waals surface area (Å²) in [7, 11) is 0. The maximum Gasteiger partial charge on any atom is 0.310 e. The summed E-state index contributed by atoms with van der Waals surface area (Å²) in [5.41, 5.74) is 2.22. The van der Waals surface area contributed by atoms with Crippen molar-refractivity contribution in [2.75, 3.05) is 10.6 Å². The Labute approximate surface area is 192 Å². The van der Waals surface area contributed by atoms with E-state index in [1.807, 2.05) is 13.0 Å². The first kappa shape index (κ1) is 20.5. The number of esters is 1. The minimum atomic E-state index is -0.466. The van der Waals surface area contributed by atoms with Crippen LogP contribution in [0.15, 0.2) is 42.5 Å². The molecular formula is C23H20BrClN2O4. The Kier molecular flexibility index (Phi) is 5.06. The number of carbonyl (C=O) groups is 3. The highest BCUT2D eigenvalue weighted by Crippen LogP contribution is 2.60. The first-order chi connectivity index (χ1) is 14.8. The smallest absolute Gasteiger partial charge is 0.310 e. The number of ether oxygens (including phenoxy) is 1. The maximum atomic E-state index is 13.2. The number of para-hydroxylation sites is 1. The van der Waals surface area contributed by atoms with Crippen LogP contribution in [-0.2, 0) is 14.3 Å². The van der Waals surface area contributed by atoms with Crippen LogP contribution in [0.5, 0.6) is 0 Å². The first-order valence-electron chi connectivity index (χ1n) is 10.2. The van der Waals surface area contributed by atoms with Crippen molar-refractivity contribution in [3.05, 3.63) is 58.6 Å². The molecule has 0 unspecified atom stereocenters. The number of nitrogens with one attached hydrogen (secondary N) is 2. The molecule has 8 heteroatoms. The van der Waals surface area contributed by atoms with Crippen LogP contribution in [0.1, 0.15) is 22.3 Å². The number of anilines is 2. The molecule has 0 spiro atoms. The van der Waals surface area contributed by atoms with Gasteiger partial charge in [-0.2, -0.15) is 0 Å². The number of aryl methyl sites for hydroxylation is 1. The van der Waals surface area contributed by atoms with E-state index in [0.29, 0.717) is 22.0 Å². The quantitative estimate of drug-likeness (QED) is 0.478. The zero-order chi connectivity index (χ0) is 21.9. The van der Waals surface area contributed by atoms with Crippen LogP contribution in [-0.4, -0.2) is 28.7 Å². The lowest BCUT2D eigenvalue weighted by Gasteiger charge is -2.27. The summed E-state index contributed by atoms with van der Waals surface area (Å²) in [4.78, 5) is 38.5. The molecule has 2 saturated carbocycles. The van der Waals surface area contributed by atoms with Crippen LogP contribution in [0.3, 0.4) is 0 Å². The fraction of sp³-hybridized carbons (Fsp3) is 0.348. The molecule has 2 aromatic rings. The summed E-state index contributed by atoms with van der Waals surface area (Å²) < 4.78 is 5.49. The summed E-state index contributed by atoms with van der Waals surface area (Å²) in [6.07, 6.45) is 0.663. The number of amides is 2. The molecule has 160 valence electrons. The Morgan fingerprint density at radius 3 is 2.68 bits per heavy atom. The van der Waals surface area contributed by atoms with E-state index in [0.717, 1.165) is 12.0 Å². The summed E-state index contributed by atoms with van der Waals surface area (Å²) in [6.45, 7) is 1.87. The Balaban J connectivity index is 1.38. The van der Waals surface area contributed by atoms with E-state index < -0.39 is 11.8 Å². The van der Waals surface area contributed by atoms with Gasteiger partial charge in [0.05, 0.1) is 27.9 Å². The van der Waals surface area contributed by atoms with E-state index in [4.69, 9.17) is 16.3 Å². The number of halogens is 2. The Morgan fingerprint density at radius 1 is 1.10 bits per heavy atom. The molecule has 31 heavy (non-hydrogen) atoms. The maximum absolute atomic E-state index is 13.2. The van der Waals surface area contributed by atoms with Gasteiger partial charge in [0, 0.05) is 16.6 Å². The van der Waals surface area contributed by atoms with Crippen molar-refractivity contribution in [1.29, 1.82) is 0 Å². The zero-order valence-corrected chi connectivity index (χ0v) is 18.9. The monoisotopic (exact) mass is 502 g/mol. The lowest BCUT2D eigenvalue weighted by molar-refractivity contribution is -0.145. The van der Waals surface area contributed by atoms with Gasteiger partial charge in [-0.3, -0.25) is 14.4 Å². The van der Waals surface area contributed by atoms with Crippen LogP contribution < -0.4 is 10.6 Å². The highest BCUT2D eigenvalue weighted by atomic mass is 79.9. The molecule has 0 aromatic heterocycles. The Morgan fingerprint density at radius 2 is 1.87 bits per heavy atom. The van der Waals surface area contributed by atoms with Crippen LogP contribution in [0.2, 0.25) is 5.02 Å². The highest BCUT2D eigenvalue weighted by Gasteiger charge is 2.67. The van der Waals surface area contributed by atoms with Gasteiger partial charge < -0.3 is 15.4 Å². The molecule has 2 aliphatic carbocycles. The molecule has 5 rings (SSSR count). The average molecular weight is 504 g/mol. The van der Waals surface area contributed by atoms with Gasteiger partial charge in [-0.25, -0.2) is 0 Å². The number of fused-ring (bicyclic) bond motifs is 1. The Hall–Kier alpha value is -2.38. The molecule has 6 atom stereocenters. The predicted octanol–water partition coefficient (Wildman–Crippen LogP) is 4.41. The summed E-state index contributed by atoms with van der Waals surface area (Å²) in [5, 5.41) is 6.28. The van der Waals surface area contributed by atoms with E-state index in [9.17, 15) is 14.4 Å². The van der Waals surface area contributed by atoms with Crippen molar-refractivity contribution < 1.29 is 19.1 Å². The minimum absolute atomic E-state index is 0.0136. The topological polar surface area (TPSA) is 84.5 Å². The average Bonchev–Trinajstić information content (AvgIpc) is 3.35. The van der Waals surface area contributed by atoms with Gasteiger partial charge in [-0.05, 0) is 49.1 Å². The second-order valence-corrected chi connectivity index (χ2v) is 9.90. The van der Waals surface area contributed by atoms with E-state index >= 15 is 0 Å².